The summed E-state index contributed by atoms with van der Waals surface area (Å²) in [6, 6.07) is 0. The first-order chi connectivity index (χ1) is 8.04. The van der Waals surface area contributed by atoms with Gasteiger partial charge in [0.1, 0.15) is 16.8 Å². The molecule has 0 amide bonds. The molecule has 1 saturated heterocycles. The SMILES string of the molecule is CCc1c(Cl)nc(C)nc1NCC1(C)COC1. The van der Waals surface area contributed by atoms with E-state index >= 15 is 0 Å². The molecule has 0 saturated carbocycles. The van der Waals surface area contributed by atoms with E-state index in [2.05, 4.69) is 29.1 Å². The van der Waals surface area contributed by atoms with E-state index in [0.717, 1.165) is 37.6 Å². The normalized spacial score (nSPS) is 17.6. The van der Waals surface area contributed by atoms with Crippen LogP contribution in [0.1, 0.15) is 25.2 Å². The molecule has 1 N–H and O–H groups in total. The van der Waals surface area contributed by atoms with E-state index in [0.29, 0.717) is 11.0 Å². The van der Waals surface area contributed by atoms with Crippen molar-refractivity contribution in [2.24, 2.45) is 5.41 Å². The van der Waals surface area contributed by atoms with Crippen LogP contribution in [0.15, 0.2) is 0 Å². The molecule has 4 nitrogen and oxygen atoms in total. The number of rotatable bonds is 4. The van der Waals surface area contributed by atoms with Gasteiger partial charge in [-0.1, -0.05) is 25.4 Å². The average Bonchev–Trinajstić information content (AvgIpc) is 2.23. The van der Waals surface area contributed by atoms with Gasteiger partial charge in [0.2, 0.25) is 0 Å². The Labute approximate surface area is 107 Å². The van der Waals surface area contributed by atoms with Gasteiger partial charge >= 0.3 is 0 Å². The highest BCUT2D eigenvalue weighted by Crippen LogP contribution is 2.28. The fourth-order valence-electron chi connectivity index (χ4n) is 1.87. The van der Waals surface area contributed by atoms with Gasteiger partial charge in [0.15, 0.2) is 0 Å². The molecule has 0 atom stereocenters. The Balaban J connectivity index is 2.13. The van der Waals surface area contributed by atoms with Crippen LogP contribution < -0.4 is 5.32 Å². The largest absolute Gasteiger partial charge is 0.380 e. The van der Waals surface area contributed by atoms with E-state index in [-0.39, 0.29) is 5.41 Å². The predicted octanol–water partition coefficient (Wildman–Crippen LogP) is 2.45. The molecule has 0 bridgehead atoms. The molecule has 0 spiro atoms. The van der Waals surface area contributed by atoms with E-state index < -0.39 is 0 Å². The molecular formula is C12H18ClN3O. The number of hydrogen-bond donors (Lipinski definition) is 1. The lowest BCUT2D eigenvalue weighted by Crippen LogP contribution is -2.45. The standard InChI is InChI=1S/C12H18ClN3O/c1-4-9-10(13)15-8(2)16-11(9)14-5-12(3)6-17-7-12/h4-7H2,1-3H3,(H,14,15,16). The van der Waals surface area contributed by atoms with Gasteiger partial charge in [0.05, 0.1) is 13.2 Å². The molecule has 1 aliphatic heterocycles. The zero-order valence-corrected chi connectivity index (χ0v) is 11.3. The first kappa shape index (κ1) is 12.6. The van der Waals surface area contributed by atoms with Crippen molar-refractivity contribution in [3.8, 4) is 0 Å². The summed E-state index contributed by atoms with van der Waals surface area (Å²) in [4.78, 5) is 8.59. The highest BCUT2D eigenvalue weighted by atomic mass is 35.5. The molecule has 2 heterocycles. The van der Waals surface area contributed by atoms with Gasteiger partial charge in [0.25, 0.3) is 0 Å². The van der Waals surface area contributed by atoms with Crippen LogP contribution in [0.2, 0.25) is 5.15 Å². The molecule has 0 unspecified atom stereocenters. The van der Waals surface area contributed by atoms with Crippen LogP contribution in [0.4, 0.5) is 5.82 Å². The number of hydrogen-bond acceptors (Lipinski definition) is 4. The summed E-state index contributed by atoms with van der Waals surface area (Å²) in [6.45, 7) is 8.57. The lowest BCUT2D eigenvalue weighted by atomic mass is 9.89. The Kier molecular flexibility index (Phi) is 3.54. The summed E-state index contributed by atoms with van der Waals surface area (Å²) in [6.07, 6.45) is 0.828. The van der Waals surface area contributed by atoms with E-state index in [1.165, 1.54) is 0 Å². The molecule has 17 heavy (non-hydrogen) atoms. The molecule has 1 aromatic rings. The fourth-order valence-corrected chi connectivity index (χ4v) is 2.22. The second-order valence-electron chi connectivity index (χ2n) is 4.90. The number of halogens is 1. The third-order valence-corrected chi connectivity index (χ3v) is 3.32. The third kappa shape index (κ3) is 2.69. The van der Waals surface area contributed by atoms with Gasteiger partial charge in [-0.3, -0.25) is 0 Å². The van der Waals surface area contributed by atoms with Crippen LogP contribution >= 0.6 is 11.6 Å². The van der Waals surface area contributed by atoms with Gasteiger partial charge in [-0.2, -0.15) is 0 Å². The second-order valence-corrected chi connectivity index (χ2v) is 5.26. The Morgan fingerprint density at radius 3 is 2.65 bits per heavy atom. The van der Waals surface area contributed by atoms with Crippen molar-refractivity contribution in [1.82, 2.24) is 9.97 Å². The summed E-state index contributed by atoms with van der Waals surface area (Å²) in [5.74, 6) is 1.56. The van der Waals surface area contributed by atoms with Crippen LogP contribution in [-0.2, 0) is 11.2 Å². The fraction of sp³-hybridized carbons (Fsp3) is 0.667. The highest BCUT2D eigenvalue weighted by molar-refractivity contribution is 6.30. The maximum Gasteiger partial charge on any atom is 0.138 e. The zero-order chi connectivity index (χ0) is 12.5. The van der Waals surface area contributed by atoms with Gasteiger partial charge < -0.3 is 10.1 Å². The van der Waals surface area contributed by atoms with E-state index in [1.54, 1.807) is 0 Å². The van der Waals surface area contributed by atoms with Gasteiger partial charge in [-0.25, -0.2) is 9.97 Å². The van der Waals surface area contributed by atoms with Crippen LogP contribution in [0.3, 0.4) is 0 Å². The molecule has 0 aliphatic carbocycles. The van der Waals surface area contributed by atoms with Crippen molar-refractivity contribution in [2.75, 3.05) is 25.1 Å². The lowest BCUT2D eigenvalue weighted by molar-refractivity contribution is -0.0924. The predicted molar refractivity (Wildman–Crippen MR) is 68.6 cm³/mol. The Bertz CT molecular complexity index is 418. The molecule has 2 rings (SSSR count). The minimum absolute atomic E-state index is 0.219. The summed E-state index contributed by atoms with van der Waals surface area (Å²) >= 11 is 6.12. The van der Waals surface area contributed by atoms with Crippen LogP contribution in [0.25, 0.3) is 0 Å². The van der Waals surface area contributed by atoms with Crippen molar-refractivity contribution in [2.45, 2.75) is 27.2 Å². The maximum absolute atomic E-state index is 6.12. The minimum atomic E-state index is 0.219. The Hall–Kier alpha value is -0.870. The topological polar surface area (TPSA) is 47.0 Å². The summed E-state index contributed by atoms with van der Waals surface area (Å²) in [7, 11) is 0. The quantitative estimate of drug-likeness (QED) is 0.840. The third-order valence-electron chi connectivity index (χ3n) is 3.01. The number of nitrogens with zero attached hydrogens (tertiary/aromatic N) is 2. The van der Waals surface area contributed by atoms with Crippen molar-refractivity contribution in [1.29, 1.82) is 0 Å². The Morgan fingerprint density at radius 1 is 1.41 bits per heavy atom. The number of ether oxygens (including phenoxy) is 1. The van der Waals surface area contributed by atoms with Crippen LogP contribution in [-0.4, -0.2) is 29.7 Å². The van der Waals surface area contributed by atoms with E-state index in [4.69, 9.17) is 16.3 Å². The van der Waals surface area contributed by atoms with Crippen molar-refractivity contribution in [3.05, 3.63) is 16.5 Å². The summed E-state index contributed by atoms with van der Waals surface area (Å²) in [5.41, 5.74) is 1.21. The van der Waals surface area contributed by atoms with Crippen molar-refractivity contribution < 1.29 is 4.74 Å². The molecule has 0 aromatic carbocycles. The van der Waals surface area contributed by atoms with E-state index in [9.17, 15) is 0 Å². The summed E-state index contributed by atoms with van der Waals surface area (Å²) < 4.78 is 5.23. The molecule has 1 aliphatic rings. The average molecular weight is 256 g/mol. The van der Waals surface area contributed by atoms with Gasteiger partial charge in [-0.05, 0) is 13.3 Å². The number of aryl methyl sites for hydroxylation is 1. The number of nitrogens with one attached hydrogen (secondary N) is 1. The van der Waals surface area contributed by atoms with Crippen LogP contribution in [0, 0.1) is 12.3 Å². The van der Waals surface area contributed by atoms with Crippen LogP contribution in [0.5, 0.6) is 0 Å². The first-order valence-corrected chi connectivity index (χ1v) is 6.26. The molecule has 94 valence electrons. The van der Waals surface area contributed by atoms with Gasteiger partial charge in [0, 0.05) is 17.5 Å². The highest BCUT2D eigenvalue weighted by Gasteiger charge is 2.33. The summed E-state index contributed by atoms with van der Waals surface area (Å²) in [5, 5.41) is 3.93. The minimum Gasteiger partial charge on any atom is -0.380 e. The molecular weight excluding hydrogens is 238 g/mol. The monoisotopic (exact) mass is 255 g/mol. The molecule has 5 heteroatoms. The molecule has 0 radical (unpaired) electrons. The first-order valence-electron chi connectivity index (χ1n) is 5.89. The zero-order valence-electron chi connectivity index (χ0n) is 10.5. The number of anilines is 1. The second kappa shape index (κ2) is 4.78. The van der Waals surface area contributed by atoms with Crippen molar-refractivity contribution in [3.63, 3.8) is 0 Å². The molecule has 1 aromatic heterocycles. The Morgan fingerprint density at radius 2 is 2.12 bits per heavy atom. The van der Waals surface area contributed by atoms with Gasteiger partial charge in [-0.15, -0.1) is 0 Å². The molecule has 1 fully saturated rings. The number of aromatic nitrogens is 2. The maximum atomic E-state index is 6.12. The van der Waals surface area contributed by atoms with E-state index in [1.807, 2.05) is 6.92 Å². The van der Waals surface area contributed by atoms with Crippen molar-refractivity contribution >= 4 is 17.4 Å². The smallest absolute Gasteiger partial charge is 0.138 e. The lowest BCUT2D eigenvalue weighted by Gasteiger charge is -2.38.